The Hall–Kier alpha value is -1.08. The van der Waals surface area contributed by atoms with Gasteiger partial charge in [0, 0.05) is 0 Å². The molecule has 0 aliphatic carbocycles. The van der Waals surface area contributed by atoms with Gasteiger partial charge in [-0.15, -0.1) is 0 Å². The largest absolute Gasteiger partial charge is 0.393 e. The van der Waals surface area contributed by atoms with Crippen molar-refractivity contribution in [2.24, 2.45) is 5.92 Å². The Balaban J connectivity index is 2.27. The van der Waals surface area contributed by atoms with Crippen molar-refractivity contribution in [2.45, 2.75) is 52.1 Å². The first kappa shape index (κ1) is 15.0. The summed E-state index contributed by atoms with van der Waals surface area (Å²) in [6.07, 6.45) is 9.53. The van der Waals surface area contributed by atoms with Gasteiger partial charge in [-0.1, -0.05) is 69.2 Å². The molecular weight excluding hydrogens is 220 g/mol. The summed E-state index contributed by atoms with van der Waals surface area (Å²) in [5.41, 5.74) is 1.30. The first-order chi connectivity index (χ1) is 8.74. The van der Waals surface area contributed by atoms with Crippen LogP contribution in [0.1, 0.15) is 45.1 Å². The smallest absolute Gasteiger partial charge is 0.0603 e. The number of aryl methyl sites for hydroxylation is 1. The summed E-state index contributed by atoms with van der Waals surface area (Å²) in [4.78, 5) is 0. The fourth-order valence-corrected chi connectivity index (χ4v) is 1.98. The average molecular weight is 246 g/mol. The molecule has 1 heteroatoms. The molecule has 1 nitrogen and oxygen atoms in total. The molecule has 1 rings (SSSR count). The van der Waals surface area contributed by atoms with Crippen molar-refractivity contribution < 1.29 is 5.11 Å². The summed E-state index contributed by atoms with van der Waals surface area (Å²) in [7, 11) is 0. The van der Waals surface area contributed by atoms with Crippen molar-refractivity contribution in [3.63, 3.8) is 0 Å². The summed E-state index contributed by atoms with van der Waals surface area (Å²) >= 11 is 0. The molecule has 1 aromatic rings. The number of hydrogen-bond acceptors (Lipinski definition) is 1. The number of unbranched alkanes of at least 4 members (excludes halogenated alkanes) is 2. The lowest BCUT2D eigenvalue weighted by Gasteiger charge is -2.15. The molecule has 2 atom stereocenters. The molecule has 0 bridgehead atoms. The first-order valence-corrected chi connectivity index (χ1v) is 7.12. The fourth-order valence-electron chi connectivity index (χ4n) is 1.98. The van der Waals surface area contributed by atoms with Gasteiger partial charge in [0.2, 0.25) is 0 Å². The highest BCUT2D eigenvalue weighted by Gasteiger charge is 2.10. The van der Waals surface area contributed by atoms with Gasteiger partial charge in [0.25, 0.3) is 0 Å². The van der Waals surface area contributed by atoms with Gasteiger partial charge in [-0.2, -0.15) is 0 Å². The number of hydrogen-bond donors (Lipinski definition) is 1. The lowest BCUT2D eigenvalue weighted by atomic mass is 9.97. The van der Waals surface area contributed by atoms with Gasteiger partial charge in [-0.05, 0) is 30.7 Å². The molecule has 0 saturated carbocycles. The molecule has 0 heterocycles. The van der Waals surface area contributed by atoms with Crippen molar-refractivity contribution in [1.29, 1.82) is 0 Å². The van der Waals surface area contributed by atoms with Gasteiger partial charge in [0.15, 0.2) is 0 Å². The Kier molecular flexibility index (Phi) is 7.43. The SMILES string of the molecule is CCCC/C=C\[C@H](C)[C@H](O)CCc1ccccc1. The third-order valence-corrected chi connectivity index (χ3v) is 3.34. The highest BCUT2D eigenvalue weighted by Crippen LogP contribution is 2.13. The second kappa shape index (κ2) is 8.93. The van der Waals surface area contributed by atoms with E-state index in [9.17, 15) is 5.11 Å². The first-order valence-electron chi connectivity index (χ1n) is 7.12. The zero-order valence-electron chi connectivity index (χ0n) is 11.7. The maximum atomic E-state index is 10.1. The second-order valence-electron chi connectivity index (χ2n) is 5.02. The van der Waals surface area contributed by atoms with Gasteiger partial charge >= 0.3 is 0 Å². The van der Waals surface area contributed by atoms with Crippen LogP contribution in [-0.2, 0) is 6.42 Å². The third-order valence-electron chi connectivity index (χ3n) is 3.34. The molecule has 0 spiro atoms. The Morgan fingerprint density at radius 3 is 2.61 bits per heavy atom. The van der Waals surface area contributed by atoms with Crippen LogP contribution in [0.15, 0.2) is 42.5 Å². The normalized spacial score (nSPS) is 14.8. The topological polar surface area (TPSA) is 20.2 Å². The number of benzene rings is 1. The van der Waals surface area contributed by atoms with Crippen LogP contribution in [0.5, 0.6) is 0 Å². The van der Waals surface area contributed by atoms with Crippen LogP contribution in [0, 0.1) is 5.92 Å². The minimum Gasteiger partial charge on any atom is -0.393 e. The molecule has 1 N–H and O–H groups in total. The zero-order chi connectivity index (χ0) is 13.2. The Bertz CT molecular complexity index is 329. The number of rotatable bonds is 8. The van der Waals surface area contributed by atoms with E-state index in [1.165, 1.54) is 18.4 Å². The lowest BCUT2D eigenvalue weighted by Crippen LogP contribution is -2.16. The van der Waals surface area contributed by atoms with Crippen LogP contribution < -0.4 is 0 Å². The average Bonchev–Trinajstić information content (AvgIpc) is 2.42. The molecule has 1 aromatic carbocycles. The zero-order valence-corrected chi connectivity index (χ0v) is 11.7. The summed E-state index contributed by atoms with van der Waals surface area (Å²) in [6.45, 7) is 4.30. The minimum atomic E-state index is -0.233. The van der Waals surface area contributed by atoms with Crippen molar-refractivity contribution >= 4 is 0 Å². The predicted molar refractivity (Wildman–Crippen MR) is 78.6 cm³/mol. The Labute approximate surface area is 112 Å². The lowest BCUT2D eigenvalue weighted by molar-refractivity contribution is 0.128. The van der Waals surface area contributed by atoms with E-state index in [0.29, 0.717) is 0 Å². The second-order valence-corrected chi connectivity index (χ2v) is 5.02. The van der Waals surface area contributed by atoms with Crippen LogP contribution in [0.4, 0.5) is 0 Å². The monoisotopic (exact) mass is 246 g/mol. The quantitative estimate of drug-likeness (QED) is 0.533. The molecule has 0 unspecified atom stereocenters. The predicted octanol–water partition coefficient (Wildman–Crippen LogP) is 4.36. The van der Waals surface area contributed by atoms with Crippen molar-refractivity contribution in [3.8, 4) is 0 Å². The van der Waals surface area contributed by atoms with Crippen LogP contribution in [0.25, 0.3) is 0 Å². The van der Waals surface area contributed by atoms with Gasteiger partial charge in [-0.25, -0.2) is 0 Å². The van der Waals surface area contributed by atoms with Crippen molar-refractivity contribution in [2.75, 3.05) is 0 Å². The summed E-state index contributed by atoms with van der Waals surface area (Å²) in [5, 5.41) is 10.1. The van der Waals surface area contributed by atoms with Crippen LogP contribution in [-0.4, -0.2) is 11.2 Å². The molecule has 0 fully saturated rings. The Morgan fingerprint density at radius 2 is 1.94 bits per heavy atom. The van der Waals surface area contributed by atoms with Crippen LogP contribution in [0.2, 0.25) is 0 Å². The van der Waals surface area contributed by atoms with Gasteiger partial charge in [-0.3, -0.25) is 0 Å². The van der Waals surface area contributed by atoms with Crippen LogP contribution in [0.3, 0.4) is 0 Å². The maximum absolute atomic E-state index is 10.1. The molecule has 0 aromatic heterocycles. The highest BCUT2D eigenvalue weighted by molar-refractivity contribution is 5.14. The molecule has 0 radical (unpaired) electrons. The van der Waals surface area contributed by atoms with Crippen LogP contribution >= 0.6 is 0 Å². The number of allylic oxidation sites excluding steroid dienone is 1. The number of aliphatic hydroxyl groups excluding tert-OH is 1. The van der Waals surface area contributed by atoms with E-state index in [2.05, 4.69) is 50.3 Å². The third kappa shape index (κ3) is 6.02. The molecule has 0 amide bonds. The summed E-state index contributed by atoms with van der Waals surface area (Å²) in [5.74, 6) is 0.255. The fraction of sp³-hybridized carbons (Fsp3) is 0.529. The minimum absolute atomic E-state index is 0.233. The Morgan fingerprint density at radius 1 is 1.22 bits per heavy atom. The van der Waals surface area contributed by atoms with E-state index < -0.39 is 0 Å². The molecule has 0 saturated heterocycles. The van der Waals surface area contributed by atoms with Crippen molar-refractivity contribution in [3.05, 3.63) is 48.0 Å². The summed E-state index contributed by atoms with van der Waals surface area (Å²) in [6, 6.07) is 10.4. The van der Waals surface area contributed by atoms with E-state index in [0.717, 1.165) is 19.3 Å². The standard InChI is InChI=1S/C17H26O/c1-3-4-5-7-10-15(2)17(18)14-13-16-11-8-6-9-12-16/h6-12,15,17-18H,3-5,13-14H2,1-2H3/b10-7-/t15-,17+/m0/s1. The molecular formula is C17H26O. The van der Waals surface area contributed by atoms with Gasteiger partial charge < -0.3 is 5.11 Å². The van der Waals surface area contributed by atoms with E-state index in [4.69, 9.17) is 0 Å². The molecule has 0 aliphatic heterocycles. The molecule has 0 aliphatic rings. The number of aliphatic hydroxyl groups is 1. The molecule has 100 valence electrons. The molecule has 18 heavy (non-hydrogen) atoms. The van der Waals surface area contributed by atoms with E-state index in [1.54, 1.807) is 0 Å². The van der Waals surface area contributed by atoms with Gasteiger partial charge in [0.1, 0.15) is 0 Å². The highest BCUT2D eigenvalue weighted by atomic mass is 16.3. The van der Waals surface area contributed by atoms with E-state index in [-0.39, 0.29) is 12.0 Å². The van der Waals surface area contributed by atoms with E-state index >= 15 is 0 Å². The maximum Gasteiger partial charge on any atom is 0.0603 e. The van der Waals surface area contributed by atoms with E-state index in [1.807, 2.05) is 6.07 Å². The summed E-state index contributed by atoms with van der Waals surface area (Å²) < 4.78 is 0. The van der Waals surface area contributed by atoms with Crippen molar-refractivity contribution in [1.82, 2.24) is 0 Å². The van der Waals surface area contributed by atoms with Gasteiger partial charge in [0.05, 0.1) is 6.10 Å².